The molecule has 0 unspecified atom stereocenters. The molecule has 0 atom stereocenters. The highest BCUT2D eigenvalue weighted by Crippen LogP contribution is 2.33. The monoisotopic (exact) mass is 417 g/mol. The maximum atomic E-state index is 12.6. The average molecular weight is 417 g/mol. The minimum Gasteiger partial charge on any atom is -0.286 e. The number of nitrogens with zero attached hydrogens (tertiary/aromatic N) is 3. The van der Waals surface area contributed by atoms with E-state index in [9.17, 15) is 23.3 Å². The Balaban J connectivity index is 1.97. The number of thioether (sulfide) groups is 1. The van der Waals surface area contributed by atoms with Gasteiger partial charge in [-0.3, -0.25) is 19.8 Å². The first-order chi connectivity index (χ1) is 13.3. The fourth-order valence-corrected chi connectivity index (χ4v) is 4.75. The van der Waals surface area contributed by atoms with Crippen molar-refractivity contribution in [2.24, 2.45) is 4.40 Å². The molecular formula is C18H15N3O5S2. The molecule has 0 bridgehead atoms. The summed E-state index contributed by atoms with van der Waals surface area (Å²) in [5.74, 6) is -0.402. The van der Waals surface area contributed by atoms with Gasteiger partial charge >= 0.3 is 0 Å². The lowest BCUT2D eigenvalue weighted by Crippen LogP contribution is -2.29. The maximum absolute atomic E-state index is 12.6. The van der Waals surface area contributed by atoms with Crippen LogP contribution in [-0.2, 0) is 14.8 Å². The maximum Gasteiger partial charge on any atom is 0.284 e. The molecule has 1 saturated heterocycles. The molecule has 0 radical (unpaired) electrons. The number of carbonyl (C=O) groups excluding carboxylic acids is 1. The second kappa shape index (κ2) is 7.95. The first-order valence-corrected chi connectivity index (χ1v) is 10.4. The quantitative estimate of drug-likeness (QED) is 0.419. The number of amidine groups is 1. The molecule has 1 amide bonds. The summed E-state index contributed by atoms with van der Waals surface area (Å²) in [5, 5.41) is 11.0. The minimum absolute atomic E-state index is 0.0303. The van der Waals surface area contributed by atoms with E-state index < -0.39 is 20.9 Å². The molecule has 10 heteroatoms. The minimum atomic E-state index is -3.97. The number of amides is 1. The molecule has 0 aromatic heterocycles. The summed E-state index contributed by atoms with van der Waals surface area (Å²) in [6.45, 7) is 1.95. The van der Waals surface area contributed by atoms with Gasteiger partial charge in [0.05, 0.1) is 14.7 Å². The Kier molecular flexibility index (Phi) is 5.61. The van der Waals surface area contributed by atoms with Crippen molar-refractivity contribution in [1.82, 2.24) is 4.90 Å². The molecule has 1 fully saturated rings. The molecule has 0 N–H and O–H groups in total. The first-order valence-electron chi connectivity index (χ1n) is 8.17. The van der Waals surface area contributed by atoms with Crippen LogP contribution in [0.5, 0.6) is 0 Å². The highest BCUT2D eigenvalue weighted by atomic mass is 32.2. The van der Waals surface area contributed by atoms with Crippen molar-refractivity contribution >= 4 is 44.6 Å². The molecule has 144 valence electrons. The Hall–Kier alpha value is -2.98. The second-order valence-corrected chi connectivity index (χ2v) is 8.29. The Morgan fingerprint density at radius 3 is 2.54 bits per heavy atom. The number of nitro groups is 1. The number of sulfonamides is 1. The van der Waals surface area contributed by atoms with Gasteiger partial charge in [-0.1, -0.05) is 30.3 Å². The third kappa shape index (κ3) is 4.12. The largest absolute Gasteiger partial charge is 0.286 e. The van der Waals surface area contributed by atoms with E-state index in [1.54, 1.807) is 31.2 Å². The lowest BCUT2D eigenvalue weighted by atomic mass is 10.2. The first kappa shape index (κ1) is 19.8. The molecule has 2 aromatic carbocycles. The summed E-state index contributed by atoms with van der Waals surface area (Å²) >= 11 is 0.921. The number of hydrogen-bond acceptors (Lipinski definition) is 6. The van der Waals surface area contributed by atoms with E-state index in [1.165, 1.54) is 41.3 Å². The number of nitro benzene ring substituents is 1. The van der Waals surface area contributed by atoms with Crippen molar-refractivity contribution in [2.45, 2.75) is 11.8 Å². The van der Waals surface area contributed by atoms with Gasteiger partial charge in [0.25, 0.3) is 21.6 Å². The molecule has 8 nitrogen and oxygen atoms in total. The third-order valence-electron chi connectivity index (χ3n) is 3.82. The van der Waals surface area contributed by atoms with Gasteiger partial charge in [-0.05, 0) is 42.5 Å². The lowest BCUT2D eigenvalue weighted by molar-refractivity contribution is -0.384. The standard InChI is InChI=1S/C18H15N3O5S2/c1-2-20-17(22)16(12-13-7-6-8-14(11-13)21(23)24)27-18(20)19-28(25,26)15-9-4-3-5-10-15/h3-12H,2H2,1H3. The van der Waals surface area contributed by atoms with E-state index >= 15 is 0 Å². The van der Waals surface area contributed by atoms with Gasteiger partial charge in [0.1, 0.15) is 0 Å². The molecular weight excluding hydrogens is 402 g/mol. The van der Waals surface area contributed by atoms with Crippen LogP contribution in [-0.4, -0.2) is 35.9 Å². The van der Waals surface area contributed by atoms with Crippen molar-refractivity contribution in [3.63, 3.8) is 0 Å². The van der Waals surface area contributed by atoms with Crippen molar-refractivity contribution in [3.8, 4) is 0 Å². The predicted molar refractivity (Wildman–Crippen MR) is 107 cm³/mol. The smallest absolute Gasteiger partial charge is 0.284 e. The molecule has 0 saturated carbocycles. The topological polar surface area (TPSA) is 110 Å². The normalized spacial score (nSPS) is 17.5. The van der Waals surface area contributed by atoms with Gasteiger partial charge in [-0.25, -0.2) is 0 Å². The Bertz CT molecular complexity index is 1100. The molecule has 1 aliphatic heterocycles. The van der Waals surface area contributed by atoms with Gasteiger partial charge in [0, 0.05) is 18.7 Å². The van der Waals surface area contributed by atoms with E-state index in [0.717, 1.165) is 11.8 Å². The van der Waals surface area contributed by atoms with E-state index in [4.69, 9.17) is 0 Å². The van der Waals surface area contributed by atoms with E-state index in [2.05, 4.69) is 4.40 Å². The summed E-state index contributed by atoms with van der Waals surface area (Å²) < 4.78 is 28.8. The van der Waals surface area contributed by atoms with Gasteiger partial charge in [-0.2, -0.15) is 8.42 Å². The fraction of sp³-hybridized carbons (Fsp3) is 0.111. The van der Waals surface area contributed by atoms with Crippen LogP contribution in [0, 0.1) is 10.1 Å². The van der Waals surface area contributed by atoms with Crippen LogP contribution in [0.2, 0.25) is 0 Å². The number of hydrogen-bond donors (Lipinski definition) is 0. The zero-order chi connectivity index (χ0) is 20.3. The van der Waals surface area contributed by atoms with Crippen LogP contribution in [0.15, 0.2) is 68.8 Å². The van der Waals surface area contributed by atoms with Crippen molar-refractivity contribution < 1.29 is 18.1 Å². The van der Waals surface area contributed by atoms with Gasteiger partial charge in [-0.15, -0.1) is 4.40 Å². The van der Waals surface area contributed by atoms with Crippen molar-refractivity contribution in [3.05, 3.63) is 75.2 Å². The zero-order valence-electron chi connectivity index (χ0n) is 14.7. The highest BCUT2D eigenvalue weighted by molar-refractivity contribution is 8.19. The summed E-state index contributed by atoms with van der Waals surface area (Å²) in [6, 6.07) is 13.6. The van der Waals surface area contributed by atoms with E-state index in [-0.39, 0.29) is 27.2 Å². The summed E-state index contributed by atoms with van der Waals surface area (Å²) in [4.78, 5) is 24.5. The molecule has 2 aromatic rings. The van der Waals surface area contributed by atoms with Crippen LogP contribution < -0.4 is 0 Å². The number of non-ortho nitro benzene ring substituents is 1. The van der Waals surface area contributed by atoms with Crippen LogP contribution in [0.3, 0.4) is 0 Å². The van der Waals surface area contributed by atoms with E-state index in [0.29, 0.717) is 5.56 Å². The van der Waals surface area contributed by atoms with Gasteiger partial charge in [0.15, 0.2) is 5.17 Å². The number of carbonyl (C=O) groups is 1. The Morgan fingerprint density at radius 1 is 1.18 bits per heavy atom. The summed E-state index contributed by atoms with van der Waals surface area (Å²) in [5.41, 5.74) is 0.367. The average Bonchev–Trinajstić information content (AvgIpc) is 2.96. The summed E-state index contributed by atoms with van der Waals surface area (Å²) in [7, 11) is -3.97. The second-order valence-electron chi connectivity index (χ2n) is 5.67. The third-order valence-corrected chi connectivity index (χ3v) is 6.23. The SMILES string of the molecule is CCN1C(=O)C(=Cc2cccc([N+](=O)[O-])c2)SC1=NS(=O)(=O)c1ccccc1. The van der Waals surface area contributed by atoms with Crippen LogP contribution in [0.1, 0.15) is 12.5 Å². The molecule has 1 aliphatic rings. The highest BCUT2D eigenvalue weighted by Gasteiger charge is 2.34. The van der Waals surface area contributed by atoms with Crippen molar-refractivity contribution in [2.75, 3.05) is 6.54 Å². The zero-order valence-corrected chi connectivity index (χ0v) is 16.3. The molecule has 28 heavy (non-hydrogen) atoms. The molecule has 1 heterocycles. The lowest BCUT2D eigenvalue weighted by Gasteiger charge is -2.11. The Morgan fingerprint density at radius 2 is 1.89 bits per heavy atom. The predicted octanol–water partition coefficient (Wildman–Crippen LogP) is 3.28. The number of rotatable bonds is 5. The molecule has 0 spiro atoms. The van der Waals surface area contributed by atoms with Crippen LogP contribution >= 0.6 is 11.8 Å². The Labute approximate surface area is 165 Å². The van der Waals surface area contributed by atoms with E-state index in [1.807, 2.05) is 0 Å². The number of likely N-dealkylation sites (N-methyl/N-ethyl adjacent to an activating group) is 1. The molecule has 3 rings (SSSR count). The fourth-order valence-electron chi connectivity index (χ4n) is 2.48. The van der Waals surface area contributed by atoms with Gasteiger partial charge < -0.3 is 0 Å². The van der Waals surface area contributed by atoms with Crippen LogP contribution in [0.4, 0.5) is 5.69 Å². The molecule has 0 aliphatic carbocycles. The van der Waals surface area contributed by atoms with Crippen molar-refractivity contribution in [1.29, 1.82) is 0 Å². The summed E-state index contributed by atoms with van der Waals surface area (Å²) in [6.07, 6.45) is 1.49. The van der Waals surface area contributed by atoms with Gasteiger partial charge in [0.2, 0.25) is 0 Å². The number of benzene rings is 2. The van der Waals surface area contributed by atoms with Crippen LogP contribution in [0.25, 0.3) is 6.08 Å².